The predicted molar refractivity (Wildman–Crippen MR) is 113 cm³/mol. The van der Waals surface area contributed by atoms with Gasteiger partial charge < -0.3 is 9.30 Å². The van der Waals surface area contributed by atoms with E-state index in [2.05, 4.69) is 15.5 Å². The Labute approximate surface area is 168 Å². The van der Waals surface area contributed by atoms with Crippen molar-refractivity contribution in [2.45, 2.75) is 13.5 Å². The van der Waals surface area contributed by atoms with Gasteiger partial charge >= 0.3 is 0 Å². The minimum Gasteiger partial charge on any atom is -0.457 e. The molecule has 6 nitrogen and oxygen atoms in total. The third-order valence-corrected chi connectivity index (χ3v) is 4.39. The molecular weight excluding hydrogens is 364 g/mol. The van der Waals surface area contributed by atoms with Crippen LogP contribution in [0.4, 0.5) is 0 Å². The number of fused-ring (bicyclic) bond motifs is 1. The third kappa shape index (κ3) is 4.50. The summed E-state index contributed by atoms with van der Waals surface area (Å²) in [4.78, 5) is 16.8. The van der Waals surface area contributed by atoms with Crippen LogP contribution in [0.15, 0.2) is 84.0 Å². The number of benzene rings is 3. The molecule has 4 rings (SSSR count). The summed E-state index contributed by atoms with van der Waals surface area (Å²) in [5.41, 5.74) is 5.19. The van der Waals surface area contributed by atoms with Crippen molar-refractivity contribution in [3.63, 3.8) is 0 Å². The van der Waals surface area contributed by atoms with Gasteiger partial charge in [-0.1, -0.05) is 42.5 Å². The highest BCUT2D eigenvalue weighted by molar-refractivity contribution is 5.84. The zero-order valence-corrected chi connectivity index (χ0v) is 15.9. The summed E-state index contributed by atoms with van der Waals surface area (Å²) in [5, 5.41) is 4.07. The van der Waals surface area contributed by atoms with Gasteiger partial charge in [0.25, 0.3) is 5.91 Å². The molecule has 0 fully saturated rings. The van der Waals surface area contributed by atoms with Gasteiger partial charge in [0, 0.05) is 0 Å². The summed E-state index contributed by atoms with van der Waals surface area (Å²) in [5.74, 6) is 2.03. The van der Waals surface area contributed by atoms with Gasteiger partial charge in [-0.05, 0) is 48.9 Å². The molecule has 0 aliphatic heterocycles. The average molecular weight is 384 g/mol. The van der Waals surface area contributed by atoms with E-state index in [9.17, 15) is 4.79 Å². The molecule has 0 spiro atoms. The fraction of sp³-hybridized carbons (Fsp3) is 0.0870. The number of carbonyl (C=O) groups is 1. The number of aromatic nitrogens is 2. The Morgan fingerprint density at radius 2 is 1.79 bits per heavy atom. The summed E-state index contributed by atoms with van der Waals surface area (Å²) >= 11 is 0. The molecule has 4 aromatic rings. The number of amides is 1. The topological polar surface area (TPSA) is 68.5 Å². The first-order valence-corrected chi connectivity index (χ1v) is 9.26. The van der Waals surface area contributed by atoms with Crippen LogP contribution in [0.5, 0.6) is 11.5 Å². The van der Waals surface area contributed by atoms with E-state index in [1.54, 1.807) is 6.21 Å². The van der Waals surface area contributed by atoms with E-state index in [0.29, 0.717) is 5.75 Å². The monoisotopic (exact) mass is 384 g/mol. The highest BCUT2D eigenvalue weighted by Crippen LogP contribution is 2.21. The number of nitrogens with one attached hydrogen (secondary N) is 1. The van der Waals surface area contributed by atoms with Crippen LogP contribution < -0.4 is 10.2 Å². The molecule has 1 N–H and O–H groups in total. The zero-order valence-electron chi connectivity index (χ0n) is 15.9. The van der Waals surface area contributed by atoms with Gasteiger partial charge in [0.15, 0.2) is 0 Å². The maximum Gasteiger partial charge on any atom is 0.260 e. The number of ether oxygens (including phenoxy) is 1. The molecule has 3 aromatic carbocycles. The normalized spacial score (nSPS) is 11.1. The van der Waals surface area contributed by atoms with E-state index >= 15 is 0 Å². The van der Waals surface area contributed by atoms with Gasteiger partial charge in [0.05, 0.1) is 17.2 Å². The van der Waals surface area contributed by atoms with E-state index in [-0.39, 0.29) is 12.5 Å². The summed E-state index contributed by atoms with van der Waals surface area (Å²) in [6, 6.07) is 24.8. The summed E-state index contributed by atoms with van der Waals surface area (Å²) < 4.78 is 7.68. The Balaban J connectivity index is 1.39. The fourth-order valence-electron chi connectivity index (χ4n) is 3.04. The molecule has 1 heterocycles. The number of hydrazone groups is 1. The van der Waals surface area contributed by atoms with E-state index in [0.717, 1.165) is 28.2 Å². The van der Waals surface area contributed by atoms with Crippen molar-refractivity contribution in [1.29, 1.82) is 0 Å². The van der Waals surface area contributed by atoms with Crippen LogP contribution in [0, 0.1) is 6.92 Å². The molecule has 1 aromatic heterocycles. The minimum atomic E-state index is -0.218. The Kier molecular flexibility index (Phi) is 5.33. The second-order valence-corrected chi connectivity index (χ2v) is 6.51. The van der Waals surface area contributed by atoms with Crippen LogP contribution in [0.25, 0.3) is 11.0 Å². The number of hydrogen-bond donors (Lipinski definition) is 1. The lowest BCUT2D eigenvalue weighted by molar-refractivity contribution is -0.121. The average Bonchev–Trinajstić information content (AvgIpc) is 3.04. The number of carbonyl (C=O) groups excluding carboxylic acids is 1. The Morgan fingerprint density at radius 1 is 1.03 bits per heavy atom. The number of imidazole rings is 1. The van der Waals surface area contributed by atoms with Crippen LogP contribution in [0.2, 0.25) is 0 Å². The van der Waals surface area contributed by atoms with Gasteiger partial charge in [0.1, 0.15) is 23.9 Å². The van der Waals surface area contributed by atoms with Crippen LogP contribution in [-0.4, -0.2) is 21.7 Å². The molecule has 0 unspecified atom stereocenters. The van der Waals surface area contributed by atoms with Gasteiger partial charge in [-0.25, -0.2) is 10.4 Å². The maximum absolute atomic E-state index is 12.3. The molecule has 29 heavy (non-hydrogen) atoms. The molecule has 144 valence electrons. The van der Waals surface area contributed by atoms with Gasteiger partial charge in [-0.15, -0.1) is 0 Å². The number of para-hydroxylation sites is 3. The van der Waals surface area contributed by atoms with Crippen molar-refractivity contribution in [3.05, 3.63) is 90.3 Å². The molecule has 0 saturated heterocycles. The molecular formula is C23H20N4O2. The Bertz CT molecular complexity index is 1170. The zero-order chi connectivity index (χ0) is 20.1. The first-order chi connectivity index (χ1) is 14.2. The number of nitrogens with zero attached hydrogens (tertiary/aromatic N) is 3. The largest absolute Gasteiger partial charge is 0.457 e. The summed E-state index contributed by atoms with van der Waals surface area (Å²) in [7, 11) is 0. The van der Waals surface area contributed by atoms with Gasteiger partial charge in [-0.3, -0.25) is 4.79 Å². The molecule has 0 radical (unpaired) electrons. The van der Waals surface area contributed by atoms with Gasteiger partial charge in [-0.2, -0.15) is 5.10 Å². The van der Waals surface area contributed by atoms with Crippen molar-refractivity contribution < 1.29 is 9.53 Å². The smallest absolute Gasteiger partial charge is 0.260 e. The predicted octanol–water partition coefficient (Wildman–Crippen LogP) is 4.29. The molecule has 0 saturated carbocycles. The van der Waals surface area contributed by atoms with Crippen molar-refractivity contribution in [1.82, 2.24) is 15.0 Å². The van der Waals surface area contributed by atoms with Gasteiger partial charge in [0.2, 0.25) is 0 Å². The number of rotatable bonds is 6. The van der Waals surface area contributed by atoms with Crippen molar-refractivity contribution >= 4 is 23.2 Å². The highest BCUT2D eigenvalue weighted by Gasteiger charge is 2.10. The lowest BCUT2D eigenvalue weighted by atomic mass is 10.2. The maximum atomic E-state index is 12.3. The van der Waals surface area contributed by atoms with E-state index in [1.807, 2.05) is 90.4 Å². The van der Waals surface area contributed by atoms with Crippen LogP contribution in [0.3, 0.4) is 0 Å². The van der Waals surface area contributed by atoms with Crippen LogP contribution >= 0.6 is 0 Å². The molecule has 0 atom stereocenters. The minimum absolute atomic E-state index is 0.154. The first-order valence-electron chi connectivity index (χ1n) is 9.26. The van der Waals surface area contributed by atoms with Crippen molar-refractivity contribution in [2.75, 3.05) is 0 Å². The van der Waals surface area contributed by atoms with E-state index in [1.165, 1.54) is 0 Å². The first kappa shape index (κ1) is 18.4. The Hall–Kier alpha value is -3.93. The molecule has 6 heteroatoms. The summed E-state index contributed by atoms with van der Waals surface area (Å²) in [6.07, 6.45) is 1.59. The third-order valence-electron chi connectivity index (χ3n) is 4.39. The molecule has 1 amide bonds. The highest BCUT2D eigenvalue weighted by atomic mass is 16.5. The lowest BCUT2D eigenvalue weighted by Gasteiger charge is -2.06. The molecule has 0 aliphatic carbocycles. The second-order valence-electron chi connectivity index (χ2n) is 6.51. The summed E-state index contributed by atoms with van der Waals surface area (Å²) in [6.45, 7) is 2.04. The van der Waals surface area contributed by atoms with Crippen LogP contribution in [0.1, 0.15) is 11.4 Å². The lowest BCUT2D eigenvalue weighted by Crippen LogP contribution is -2.23. The molecule has 0 bridgehead atoms. The quantitative estimate of drug-likeness (QED) is 0.398. The van der Waals surface area contributed by atoms with Crippen LogP contribution in [-0.2, 0) is 11.3 Å². The second kappa shape index (κ2) is 8.39. The van der Waals surface area contributed by atoms with E-state index < -0.39 is 0 Å². The van der Waals surface area contributed by atoms with Crippen molar-refractivity contribution in [3.8, 4) is 11.5 Å². The van der Waals surface area contributed by atoms with E-state index in [4.69, 9.17) is 4.74 Å². The SMILES string of the molecule is Cc1nc2ccccc2n1CC(=O)N/N=C\c1cccc(Oc2ccccc2)c1. The van der Waals surface area contributed by atoms with Crippen molar-refractivity contribution in [2.24, 2.45) is 5.10 Å². The molecule has 0 aliphatic rings. The number of hydrogen-bond acceptors (Lipinski definition) is 4. The fourth-order valence-corrected chi connectivity index (χ4v) is 3.04. The Morgan fingerprint density at radius 3 is 2.66 bits per heavy atom. The standard InChI is InChI=1S/C23H20N4O2/c1-17-25-21-12-5-6-13-22(21)27(17)16-23(28)26-24-15-18-8-7-11-20(14-18)29-19-9-3-2-4-10-19/h2-15H,16H2,1H3,(H,26,28)/b24-15-. The number of aryl methyl sites for hydroxylation is 1.